The number of carboxylic acids is 1. The SMILES string of the molecule is C=C[C@@H]1C[C@]1(N)C(=O)OC.O=C(O)C(F)(F)F. The number of alkyl halides is 3. The fourth-order valence-corrected chi connectivity index (χ4v) is 1.02. The first-order chi connectivity index (χ1) is 7.59. The molecule has 1 aliphatic carbocycles. The Labute approximate surface area is 95.0 Å². The largest absolute Gasteiger partial charge is 0.490 e. The number of carbonyl (C=O) groups excluding carboxylic acids is 1. The molecule has 1 fully saturated rings. The van der Waals surface area contributed by atoms with E-state index in [9.17, 15) is 18.0 Å². The van der Waals surface area contributed by atoms with Gasteiger partial charge in [-0.25, -0.2) is 4.79 Å². The van der Waals surface area contributed by atoms with Crippen molar-refractivity contribution in [3.8, 4) is 0 Å². The van der Waals surface area contributed by atoms with E-state index in [1.165, 1.54) is 7.11 Å². The van der Waals surface area contributed by atoms with Gasteiger partial charge in [-0.15, -0.1) is 6.58 Å². The number of methoxy groups -OCH3 is 1. The molecule has 0 radical (unpaired) electrons. The highest BCUT2D eigenvalue weighted by molar-refractivity contribution is 5.85. The summed E-state index contributed by atoms with van der Waals surface area (Å²) in [5, 5.41) is 7.12. The van der Waals surface area contributed by atoms with Crippen molar-refractivity contribution in [2.45, 2.75) is 18.1 Å². The Bertz CT molecular complexity index is 329. The lowest BCUT2D eigenvalue weighted by Crippen LogP contribution is -2.36. The predicted molar refractivity (Wildman–Crippen MR) is 50.9 cm³/mol. The fraction of sp³-hybridized carbons (Fsp3) is 0.556. The van der Waals surface area contributed by atoms with Crippen LogP contribution in [0.5, 0.6) is 0 Å². The van der Waals surface area contributed by atoms with Gasteiger partial charge in [0.05, 0.1) is 7.11 Å². The molecule has 0 spiro atoms. The van der Waals surface area contributed by atoms with Gasteiger partial charge >= 0.3 is 18.1 Å². The number of hydrogen-bond donors (Lipinski definition) is 2. The predicted octanol–water partition coefficient (Wildman–Crippen LogP) is 0.696. The minimum absolute atomic E-state index is 0.111. The second-order valence-electron chi connectivity index (χ2n) is 3.38. The number of aliphatic carboxylic acids is 1. The highest BCUT2D eigenvalue weighted by Crippen LogP contribution is 2.42. The van der Waals surface area contributed by atoms with E-state index >= 15 is 0 Å². The van der Waals surface area contributed by atoms with Crippen LogP contribution in [0, 0.1) is 5.92 Å². The van der Waals surface area contributed by atoms with Crippen molar-refractivity contribution < 1.29 is 32.6 Å². The number of nitrogens with two attached hydrogens (primary N) is 1. The Balaban J connectivity index is 0.000000325. The first-order valence-electron chi connectivity index (χ1n) is 4.39. The molecule has 8 heteroatoms. The van der Waals surface area contributed by atoms with Gasteiger partial charge in [0.15, 0.2) is 0 Å². The summed E-state index contributed by atoms with van der Waals surface area (Å²) in [7, 11) is 1.34. The van der Waals surface area contributed by atoms with Crippen molar-refractivity contribution in [2.24, 2.45) is 11.7 Å². The zero-order valence-electron chi connectivity index (χ0n) is 8.95. The molecular weight excluding hydrogens is 243 g/mol. The number of carbonyl (C=O) groups is 2. The molecule has 0 heterocycles. The molecule has 3 N–H and O–H groups in total. The van der Waals surface area contributed by atoms with E-state index in [0.29, 0.717) is 6.42 Å². The molecule has 1 saturated carbocycles. The van der Waals surface area contributed by atoms with Crippen LogP contribution in [0.4, 0.5) is 13.2 Å². The van der Waals surface area contributed by atoms with Gasteiger partial charge in [0.25, 0.3) is 0 Å². The summed E-state index contributed by atoms with van der Waals surface area (Å²) in [5.41, 5.74) is 4.86. The van der Waals surface area contributed by atoms with E-state index in [0.717, 1.165) is 0 Å². The molecule has 0 saturated heterocycles. The molecule has 0 aliphatic heterocycles. The van der Waals surface area contributed by atoms with E-state index < -0.39 is 17.7 Å². The highest BCUT2D eigenvalue weighted by Gasteiger charge is 2.56. The van der Waals surface area contributed by atoms with Crippen molar-refractivity contribution in [1.29, 1.82) is 0 Å². The molecule has 0 aromatic rings. The zero-order valence-corrected chi connectivity index (χ0v) is 8.95. The molecule has 0 amide bonds. The van der Waals surface area contributed by atoms with Crippen LogP contribution in [0.15, 0.2) is 12.7 Å². The maximum absolute atomic E-state index is 10.9. The number of carboxylic acid groups (broad SMARTS) is 1. The number of halogens is 3. The fourth-order valence-electron chi connectivity index (χ4n) is 1.02. The van der Waals surface area contributed by atoms with E-state index in [1.54, 1.807) is 6.08 Å². The molecule has 5 nitrogen and oxygen atoms in total. The maximum atomic E-state index is 10.9. The number of rotatable bonds is 2. The third kappa shape index (κ3) is 4.06. The van der Waals surface area contributed by atoms with Gasteiger partial charge in [-0.05, 0) is 6.42 Å². The molecule has 0 aromatic heterocycles. The summed E-state index contributed by atoms with van der Waals surface area (Å²) < 4.78 is 36.2. The molecule has 1 rings (SSSR count). The maximum Gasteiger partial charge on any atom is 0.490 e. The zero-order chi connectivity index (χ0) is 13.9. The number of ether oxygens (including phenoxy) is 1. The quantitative estimate of drug-likeness (QED) is 0.560. The Morgan fingerprint density at radius 2 is 2.00 bits per heavy atom. The Hall–Kier alpha value is -1.57. The summed E-state index contributed by atoms with van der Waals surface area (Å²) in [6.45, 7) is 3.55. The van der Waals surface area contributed by atoms with E-state index in [1.807, 2.05) is 0 Å². The van der Waals surface area contributed by atoms with E-state index in [2.05, 4.69) is 11.3 Å². The average Bonchev–Trinajstić information content (AvgIpc) is 2.89. The summed E-state index contributed by atoms with van der Waals surface area (Å²) in [4.78, 5) is 19.8. The van der Waals surface area contributed by atoms with Crippen LogP contribution in [0.25, 0.3) is 0 Å². The van der Waals surface area contributed by atoms with Gasteiger partial charge in [-0.3, -0.25) is 4.79 Å². The lowest BCUT2D eigenvalue weighted by molar-refractivity contribution is -0.192. The lowest BCUT2D eigenvalue weighted by Gasteiger charge is -2.05. The van der Waals surface area contributed by atoms with Crippen LogP contribution in [0.3, 0.4) is 0 Å². The van der Waals surface area contributed by atoms with Crippen LogP contribution >= 0.6 is 0 Å². The van der Waals surface area contributed by atoms with Crippen molar-refractivity contribution in [3.63, 3.8) is 0 Å². The standard InChI is InChI=1S/C7H11NO2.C2HF3O2/c1-3-5-4-7(5,8)6(9)10-2;3-2(4,5)1(6)7/h3,5H,1,4,8H2,2H3;(H,6,7)/t5-,7-;/m1./s1. The normalized spacial score (nSPS) is 26.3. The summed E-state index contributed by atoms with van der Waals surface area (Å²) in [6, 6.07) is 0. The number of hydrogen-bond acceptors (Lipinski definition) is 4. The van der Waals surface area contributed by atoms with Gasteiger partial charge < -0.3 is 15.6 Å². The van der Waals surface area contributed by atoms with Crippen molar-refractivity contribution >= 4 is 11.9 Å². The second kappa shape index (κ2) is 5.17. The summed E-state index contributed by atoms with van der Waals surface area (Å²) >= 11 is 0. The third-order valence-corrected chi connectivity index (χ3v) is 2.15. The second-order valence-corrected chi connectivity index (χ2v) is 3.38. The first-order valence-corrected chi connectivity index (χ1v) is 4.39. The molecule has 2 atom stereocenters. The average molecular weight is 255 g/mol. The van der Waals surface area contributed by atoms with Gasteiger partial charge in [0.2, 0.25) is 0 Å². The molecule has 1 aliphatic rings. The number of esters is 1. The Morgan fingerprint density at radius 1 is 1.59 bits per heavy atom. The summed E-state index contributed by atoms with van der Waals surface area (Å²) in [6.07, 6.45) is -2.72. The van der Waals surface area contributed by atoms with Crippen molar-refractivity contribution in [2.75, 3.05) is 7.11 Å². The lowest BCUT2D eigenvalue weighted by atomic mass is 10.2. The molecule has 0 unspecified atom stereocenters. The van der Waals surface area contributed by atoms with E-state index in [4.69, 9.17) is 15.6 Å². The van der Waals surface area contributed by atoms with Gasteiger partial charge in [-0.2, -0.15) is 13.2 Å². The molecule has 0 aromatic carbocycles. The minimum atomic E-state index is -5.08. The molecule has 17 heavy (non-hydrogen) atoms. The van der Waals surface area contributed by atoms with Crippen molar-refractivity contribution in [1.82, 2.24) is 0 Å². The molecular formula is C9H12F3NO4. The van der Waals surface area contributed by atoms with E-state index in [-0.39, 0.29) is 11.9 Å². The monoisotopic (exact) mass is 255 g/mol. The van der Waals surface area contributed by atoms with Crippen LogP contribution in [-0.2, 0) is 14.3 Å². The Kier molecular flexibility index (Phi) is 4.70. The van der Waals surface area contributed by atoms with Crippen molar-refractivity contribution in [3.05, 3.63) is 12.7 Å². The van der Waals surface area contributed by atoms with Gasteiger partial charge in [0.1, 0.15) is 5.54 Å². The minimum Gasteiger partial charge on any atom is -0.475 e. The topological polar surface area (TPSA) is 89.6 Å². The Morgan fingerprint density at radius 3 is 2.18 bits per heavy atom. The van der Waals surface area contributed by atoms with Gasteiger partial charge in [0, 0.05) is 5.92 Å². The highest BCUT2D eigenvalue weighted by atomic mass is 19.4. The molecule has 98 valence electrons. The van der Waals surface area contributed by atoms with Crippen LogP contribution in [0.1, 0.15) is 6.42 Å². The smallest absolute Gasteiger partial charge is 0.475 e. The summed E-state index contributed by atoms with van der Waals surface area (Å²) in [5.74, 6) is -2.98. The van der Waals surface area contributed by atoms with Gasteiger partial charge in [-0.1, -0.05) is 6.08 Å². The van der Waals surface area contributed by atoms with Crippen LogP contribution in [0.2, 0.25) is 0 Å². The van der Waals surface area contributed by atoms with Crippen LogP contribution in [-0.4, -0.2) is 35.9 Å². The third-order valence-electron chi connectivity index (χ3n) is 2.15. The van der Waals surface area contributed by atoms with Crippen LogP contribution < -0.4 is 5.73 Å². The molecule has 0 bridgehead atoms. The first kappa shape index (κ1) is 15.4.